The molecular formula is C12H14F3NO3. The fraction of sp³-hybridized carbons (Fsp3) is 0.417. The smallest absolute Gasteiger partial charge is 0.420 e. The Morgan fingerprint density at radius 2 is 1.95 bits per heavy atom. The maximum atomic E-state index is 13.1. The van der Waals surface area contributed by atoms with Gasteiger partial charge in [0.1, 0.15) is 5.56 Å². The Morgan fingerprint density at radius 3 is 2.42 bits per heavy atom. The molecule has 0 atom stereocenters. The normalized spacial score (nSPS) is 11.0. The lowest BCUT2D eigenvalue weighted by atomic mass is 10.0. The zero-order valence-corrected chi connectivity index (χ0v) is 10.5. The molecule has 7 heteroatoms. The molecule has 0 spiro atoms. The van der Waals surface area contributed by atoms with E-state index in [2.05, 4.69) is 5.32 Å². The highest BCUT2D eigenvalue weighted by Crippen LogP contribution is 2.43. The summed E-state index contributed by atoms with van der Waals surface area (Å²) in [6.07, 6.45) is -4.07. The Hall–Kier alpha value is -1.92. The van der Waals surface area contributed by atoms with Crippen molar-refractivity contribution in [2.45, 2.75) is 12.6 Å². The lowest BCUT2D eigenvalue weighted by Gasteiger charge is -2.18. The van der Waals surface area contributed by atoms with Crippen molar-refractivity contribution in [3.8, 4) is 11.5 Å². The van der Waals surface area contributed by atoms with Crippen LogP contribution >= 0.6 is 0 Å². The van der Waals surface area contributed by atoms with Crippen LogP contribution in [0.4, 0.5) is 13.2 Å². The van der Waals surface area contributed by atoms with Crippen LogP contribution in [0.5, 0.6) is 11.5 Å². The molecule has 0 aliphatic carbocycles. The van der Waals surface area contributed by atoms with Crippen LogP contribution in [0.3, 0.4) is 0 Å². The zero-order chi connectivity index (χ0) is 14.5. The summed E-state index contributed by atoms with van der Waals surface area (Å²) in [4.78, 5) is 10.1. The van der Waals surface area contributed by atoms with E-state index in [1.165, 1.54) is 19.2 Å². The van der Waals surface area contributed by atoms with Crippen molar-refractivity contribution in [3.05, 3.63) is 23.3 Å². The van der Waals surface area contributed by atoms with E-state index in [4.69, 9.17) is 9.47 Å². The van der Waals surface area contributed by atoms with Crippen molar-refractivity contribution in [3.63, 3.8) is 0 Å². The summed E-state index contributed by atoms with van der Waals surface area (Å²) in [6.45, 7) is 0.113. The molecule has 0 aromatic heterocycles. The first-order valence-electron chi connectivity index (χ1n) is 5.43. The van der Waals surface area contributed by atoms with Crippen molar-refractivity contribution < 1.29 is 27.4 Å². The molecule has 1 N–H and O–H groups in total. The number of benzene rings is 1. The number of amides is 1. The van der Waals surface area contributed by atoms with E-state index < -0.39 is 11.7 Å². The van der Waals surface area contributed by atoms with Crippen molar-refractivity contribution in [2.75, 3.05) is 20.8 Å². The molecule has 0 saturated heterocycles. The highest BCUT2D eigenvalue weighted by molar-refractivity contribution is 5.52. The highest BCUT2D eigenvalue weighted by Gasteiger charge is 2.38. The van der Waals surface area contributed by atoms with Crippen LogP contribution < -0.4 is 14.8 Å². The topological polar surface area (TPSA) is 47.6 Å². The maximum Gasteiger partial charge on any atom is 0.420 e. The number of rotatable bonds is 6. The minimum atomic E-state index is -4.56. The predicted molar refractivity (Wildman–Crippen MR) is 62.3 cm³/mol. The molecule has 106 valence electrons. The fourth-order valence-corrected chi connectivity index (χ4v) is 1.75. The monoisotopic (exact) mass is 277 g/mol. The van der Waals surface area contributed by atoms with E-state index in [9.17, 15) is 18.0 Å². The third kappa shape index (κ3) is 3.52. The number of hydrogen-bond donors (Lipinski definition) is 1. The summed E-state index contributed by atoms with van der Waals surface area (Å²) < 4.78 is 48.9. The molecule has 1 amide bonds. The van der Waals surface area contributed by atoms with E-state index in [-0.39, 0.29) is 30.0 Å². The average Bonchev–Trinajstić information content (AvgIpc) is 2.36. The molecular weight excluding hydrogens is 263 g/mol. The van der Waals surface area contributed by atoms with Crippen LogP contribution in [0.1, 0.15) is 11.1 Å². The molecule has 4 nitrogen and oxygen atoms in total. The van der Waals surface area contributed by atoms with Gasteiger partial charge < -0.3 is 14.8 Å². The molecule has 0 aliphatic rings. The fourth-order valence-electron chi connectivity index (χ4n) is 1.75. The summed E-state index contributed by atoms with van der Waals surface area (Å²) >= 11 is 0. The van der Waals surface area contributed by atoms with E-state index in [1.807, 2.05) is 0 Å². The van der Waals surface area contributed by atoms with Crippen LogP contribution in [-0.2, 0) is 17.4 Å². The van der Waals surface area contributed by atoms with Crippen LogP contribution in [-0.4, -0.2) is 27.2 Å². The minimum absolute atomic E-state index is 0.0157. The average molecular weight is 277 g/mol. The molecule has 1 aromatic rings. The maximum absolute atomic E-state index is 13.1. The van der Waals surface area contributed by atoms with Gasteiger partial charge in [-0.2, -0.15) is 13.2 Å². The van der Waals surface area contributed by atoms with Gasteiger partial charge in [-0.25, -0.2) is 0 Å². The Bertz CT molecular complexity index is 447. The van der Waals surface area contributed by atoms with E-state index in [1.54, 1.807) is 0 Å². The number of methoxy groups -OCH3 is 2. The number of hydrogen-bond acceptors (Lipinski definition) is 3. The van der Waals surface area contributed by atoms with Gasteiger partial charge in [0, 0.05) is 6.54 Å². The molecule has 0 radical (unpaired) electrons. The highest BCUT2D eigenvalue weighted by atomic mass is 19.4. The Labute approximate surface area is 108 Å². The quantitative estimate of drug-likeness (QED) is 0.639. The van der Waals surface area contributed by atoms with E-state index >= 15 is 0 Å². The van der Waals surface area contributed by atoms with Gasteiger partial charge in [-0.05, 0) is 18.1 Å². The number of nitrogens with one attached hydrogen (secondary N) is 1. The Balaban J connectivity index is 3.26. The van der Waals surface area contributed by atoms with Crippen LogP contribution in [0.25, 0.3) is 0 Å². The lowest BCUT2D eigenvalue weighted by Crippen LogP contribution is -2.18. The standard InChI is InChI=1S/C12H14F3NO3/c1-18-9-4-3-8(5-6-16-7-17)10(11(9)19-2)12(13,14)15/h3-4,7H,5-6H2,1-2H3,(H,16,17). The summed E-state index contributed by atoms with van der Waals surface area (Å²) in [7, 11) is 2.42. The first kappa shape index (κ1) is 15.1. The number of halogens is 3. The molecule has 1 rings (SSSR count). The number of ether oxygens (including phenoxy) is 2. The summed E-state index contributed by atoms with van der Waals surface area (Å²) in [5.74, 6) is -0.333. The van der Waals surface area contributed by atoms with Crippen molar-refractivity contribution in [1.82, 2.24) is 5.32 Å². The number of carbonyl (C=O) groups is 1. The lowest BCUT2D eigenvalue weighted by molar-refractivity contribution is -0.139. The molecule has 1 aromatic carbocycles. The van der Waals surface area contributed by atoms with Gasteiger partial charge in [0.2, 0.25) is 6.41 Å². The predicted octanol–water partition coefficient (Wildman–Crippen LogP) is 2.01. The van der Waals surface area contributed by atoms with Crippen molar-refractivity contribution in [1.29, 1.82) is 0 Å². The molecule has 0 fully saturated rings. The molecule has 0 heterocycles. The van der Waals surface area contributed by atoms with Crippen LogP contribution in [0, 0.1) is 0 Å². The van der Waals surface area contributed by atoms with Crippen LogP contribution in [0.15, 0.2) is 12.1 Å². The van der Waals surface area contributed by atoms with Crippen molar-refractivity contribution >= 4 is 6.41 Å². The number of carbonyl (C=O) groups excluding carboxylic acids is 1. The minimum Gasteiger partial charge on any atom is -0.493 e. The molecule has 0 aliphatic heterocycles. The van der Waals surface area contributed by atoms with Gasteiger partial charge in [-0.1, -0.05) is 6.07 Å². The number of alkyl halides is 3. The second-order valence-corrected chi connectivity index (χ2v) is 3.65. The third-order valence-electron chi connectivity index (χ3n) is 2.54. The summed E-state index contributed by atoms with van der Waals surface area (Å²) in [5, 5.41) is 2.32. The van der Waals surface area contributed by atoms with Gasteiger partial charge >= 0.3 is 6.18 Å². The third-order valence-corrected chi connectivity index (χ3v) is 2.54. The van der Waals surface area contributed by atoms with Gasteiger partial charge in [-0.15, -0.1) is 0 Å². The van der Waals surface area contributed by atoms with Crippen LogP contribution in [0.2, 0.25) is 0 Å². The molecule has 19 heavy (non-hydrogen) atoms. The van der Waals surface area contributed by atoms with Crippen molar-refractivity contribution in [2.24, 2.45) is 0 Å². The van der Waals surface area contributed by atoms with E-state index in [0.717, 1.165) is 7.11 Å². The van der Waals surface area contributed by atoms with Gasteiger partial charge in [0.25, 0.3) is 0 Å². The van der Waals surface area contributed by atoms with Gasteiger partial charge in [0.15, 0.2) is 11.5 Å². The van der Waals surface area contributed by atoms with Gasteiger partial charge in [-0.3, -0.25) is 4.79 Å². The van der Waals surface area contributed by atoms with E-state index in [0.29, 0.717) is 6.41 Å². The first-order valence-corrected chi connectivity index (χ1v) is 5.43. The first-order chi connectivity index (χ1) is 8.95. The molecule has 0 saturated carbocycles. The second-order valence-electron chi connectivity index (χ2n) is 3.65. The Morgan fingerprint density at radius 1 is 1.26 bits per heavy atom. The van der Waals surface area contributed by atoms with Gasteiger partial charge in [0.05, 0.1) is 14.2 Å². The molecule has 0 unspecified atom stereocenters. The summed E-state index contributed by atoms with van der Waals surface area (Å²) in [5.41, 5.74) is -0.832. The molecule has 0 bridgehead atoms. The largest absolute Gasteiger partial charge is 0.493 e. The SMILES string of the molecule is COc1ccc(CCNC=O)c(C(F)(F)F)c1OC. The second kappa shape index (κ2) is 6.31. The summed E-state index contributed by atoms with van der Waals surface area (Å²) in [6, 6.07) is 2.72. The Kier molecular flexibility index (Phi) is 5.02. The zero-order valence-electron chi connectivity index (χ0n) is 10.5.